The van der Waals surface area contributed by atoms with Crippen LogP contribution in [0.4, 0.5) is 0 Å². The minimum atomic E-state index is -0.499. The second-order valence-corrected chi connectivity index (χ2v) is 8.29. The summed E-state index contributed by atoms with van der Waals surface area (Å²) in [4.78, 5) is 28.2. The first-order valence-corrected chi connectivity index (χ1v) is 10.5. The summed E-state index contributed by atoms with van der Waals surface area (Å²) in [6.45, 7) is 5.47. The molecule has 28 heavy (non-hydrogen) atoms. The summed E-state index contributed by atoms with van der Waals surface area (Å²) in [5, 5.41) is 0. The van der Waals surface area contributed by atoms with Crippen LogP contribution in [0.2, 0.25) is 0 Å². The van der Waals surface area contributed by atoms with Gasteiger partial charge in [-0.25, -0.2) is 9.79 Å². The molecule has 0 N–H and O–H groups in total. The van der Waals surface area contributed by atoms with Gasteiger partial charge in [-0.15, -0.1) is 0 Å². The smallest absolute Gasteiger partial charge is 0.363 e. The second kappa shape index (κ2) is 8.57. The van der Waals surface area contributed by atoms with E-state index >= 15 is 0 Å². The Morgan fingerprint density at radius 3 is 2.54 bits per heavy atom. The summed E-state index contributed by atoms with van der Waals surface area (Å²) >= 11 is 5.68. The van der Waals surface area contributed by atoms with Crippen LogP contribution in [-0.4, -0.2) is 17.8 Å². The number of carbonyl (C=O) groups excluding carboxylic acids is 2. The number of aryl methyl sites for hydroxylation is 2. The Morgan fingerprint density at radius 2 is 1.93 bits per heavy atom. The summed E-state index contributed by atoms with van der Waals surface area (Å²) in [5.41, 5.74) is 3.35. The molecule has 0 unspecified atom stereocenters. The van der Waals surface area contributed by atoms with Crippen molar-refractivity contribution in [1.29, 1.82) is 0 Å². The van der Waals surface area contributed by atoms with Crippen molar-refractivity contribution in [3.05, 3.63) is 66.3 Å². The summed E-state index contributed by atoms with van der Waals surface area (Å²) < 4.78 is 12.7. The molecule has 0 spiro atoms. The molecule has 1 aliphatic rings. The van der Waals surface area contributed by atoms with Crippen LogP contribution in [0.3, 0.4) is 0 Å². The van der Waals surface area contributed by atoms with E-state index in [1.807, 2.05) is 44.2 Å². The van der Waals surface area contributed by atoms with Gasteiger partial charge in [0.2, 0.25) is 5.90 Å². The molecule has 0 saturated heterocycles. The average molecular weight is 554 g/mol. The molecule has 0 saturated carbocycles. The van der Waals surface area contributed by atoms with Crippen LogP contribution >= 0.6 is 38.5 Å². The molecule has 0 bridgehead atoms. The minimum Gasteiger partial charge on any atom is -0.426 e. The van der Waals surface area contributed by atoms with E-state index in [1.54, 1.807) is 13.0 Å². The standard InChI is InChI=1S/C21H17BrINO4/c1-4-18(25)27-19-11(2)7-13(8-12(19)3)9-17-21(26)28-20(24-17)14-5-6-16(23)15(22)10-14/h5-10H,4H2,1-3H3/b17-9-. The number of rotatable bonds is 4. The van der Waals surface area contributed by atoms with Crippen LogP contribution in [-0.2, 0) is 14.3 Å². The molecule has 0 aromatic heterocycles. The summed E-state index contributed by atoms with van der Waals surface area (Å²) in [7, 11) is 0. The first-order chi connectivity index (χ1) is 13.3. The highest BCUT2D eigenvalue weighted by molar-refractivity contribution is 14.1. The number of halogens is 2. The summed E-state index contributed by atoms with van der Waals surface area (Å²) in [5.74, 6) is 0.0438. The quantitative estimate of drug-likeness (QED) is 0.222. The lowest BCUT2D eigenvalue weighted by molar-refractivity contribution is -0.134. The molecule has 2 aromatic rings. The van der Waals surface area contributed by atoms with Crippen molar-refractivity contribution in [3.63, 3.8) is 0 Å². The number of hydrogen-bond acceptors (Lipinski definition) is 5. The van der Waals surface area contributed by atoms with E-state index in [-0.39, 0.29) is 17.6 Å². The number of nitrogens with zero attached hydrogens (tertiary/aromatic N) is 1. The third kappa shape index (κ3) is 4.52. The summed E-state index contributed by atoms with van der Waals surface area (Å²) in [6.07, 6.45) is 1.98. The van der Waals surface area contributed by atoms with Gasteiger partial charge in [0.05, 0.1) is 0 Å². The van der Waals surface area contributed by atoms with Crippen molar-refractivity contribution >= 4 is 62.4 Å². The largest absolute Gasteiger partial charge is 0.426 e. The van der Waals surface area contributed by atoms with Crippen molar-refractivity contribution in [2.75, 3.05) is 0 Å². The van der Waals surface area contributed by atoms with E-state index < -0.39 is 5.97 Å². The highest BCUT2D eigenvalue weighted by Crippen LogP contribution is 2.28. The molecule has 1 aliphatic heterocycles. The monoisotopic (exact) mass is 553 g/mol. The lowest BCUT2D eigenvalue weighted by Gasteiger charge is -2.11. The first kappa shape index (κ1) is 20.7. The van der Waals surface area contributed by atoms with Gasteiger partial charge < -0.3 is 9.47 Å². The molecule has 3 rings (SSSR count). The van der Waals surface area contributed by atoms with Crippen LogP contribution in [0.15, 0.2) is 45.5 Å². The third-order valence-electron chi connectivity index (χ3n) is 4.08. The number of cyclic esters (lactones) is 1. The van der Waals surface area contributed by atoms with Crippen molar-refractivity contribution in [2.24, 2.45) is 4.99 Å². The van der Waals surface area contributed by atoms with E-state index in [9.17, 15) is 9.59 Å². The molecule has 0 fully saturated rings. The zero-order valence-corrected chi connectivity index (χ0v) is 19.3. The normalized spacial score (nSPS) is 14.8. The van der Waals surface area contributed by atoms with E-state index in [1.165, 1.54) is 0 Å². The number of carbonyl (C=O) groups is 2. The molecule has 2 aromatic carbocycles. The molecule has 0 radical (unpaired) electrons. The lowest BCUT2D eigenvalue weighted by Crippen LogP contribution is -2.08. The molecule has 7 heteroatoms. The zero-order valence-electron chi connectivity index (χ0n) is 15.5. The number of aliphatic imine (C=N–C) groups is 1. The van der Waals surface area contributed by atoms with Gasteiger partial charge >= 0.3 is 11.9 Å². The van der Waals surface area contributed by atoms with Gasteiger partial charge in [-0.3, -0.25) is 4.79 Å². The second-order valence-electron chi connectivity index (χ2n) is 6.28. The molecular weight excluding hydrogens is 537 g/mol. The van der Waals surface area contributed by atoms with E-state index in [4.69, 9.17) is 9.47 Å². The fraction of sp³-hybridized carbons (Fsp3) is 0.190. The predicted octanol–water partition coefficient (Wildman–Crippen LogP) is 5.33. The van der Waals surface area contributed by atoms with E-state index in [0.717, 1.165) is 30.3 Å². The third-order valence-corrected chi connectivity index (χ3v) is 6.42. The van der Waals surface area contributed by atoms with Gasteiger partial charge in [0, 0.05) is 20.0 Å². The Balaban J connectivity index is 1.92. The number of ether oxygens (including phenoxy) is 2. The maximum absolute atomic E-state index is 12.2. The molecule has 0 atom stereocenters. The van der Waals surface area contributed by atoms with Crippen LogP contribution in [0, 0.1) is 17.4 Å². The lowest BCUT2D eigenvalue weighted by atomic mass is 10.0. The maximum atomic E-state index is 12.2. The van der Waals surface area contributed by atoms with Crippen LogP contribution in [0.5, 0.6) is 5.75 Å². The minimum absolute atomic E-state index is 0.224. The average Bonchev–Trinajstić information content (AvgIpc) is 3.00. The maximum Gasteiger partial charge on any atom is 0.363 e. The van der Waals surface area contributed by atoms with Crippen LogP contribution in [0.25, 0.3) is 6.08 Å². The van der Waals surface area contributed by atoms with Crippen molar-refractivity contribution in [2.45, 2.75) is 27.2 Å². The Labute approximate surface area is 185 Å². The zero-order chi connectivity index (χ0) is 20.4. The van der Waals surface area contributed by atoms with Crippen LogP contribution < -0.4 is 4.74 Å². The van der Waals surface area contributed by atoms with Gasteiger partial charge in [-0.05, 0) is 105 Å². The van der Waals surface area contributed by atoms with Gasteiger partial charge in [-0.2, -0.15) is 0 Å². The van der Waals surface area contributed by atoms with E-state index in [2.05, 4.69) is 43.5 Å². The molecular formula is C21H17BrINO4. The fourth-order valence-electron chi connectivity index (χ4n) is 2.73. The topological polar surface area (TPSA) is 65.0 Å². The SMILES string of the molecule is CCC(=O)Oc1c(C)cc(/C=C2\N=C(c3ccc(I)c(Br)c3)OC2=O)cc1C. The predicted molar refractivity (Wildman–Crippen MR) is 119 cm³/mol. The molecule has 5 nitrogen and oxygen atoms in total. The number of hydrogen-bond donors (Lipinski definition) is 0. The highest BCUT2D eigenvalue weighted by Gasteiger charge is 2.24. The molecule has 1 heterocycles. The number of esters is 2. The van der Waals surface area contributed by atoms with Gasteiger partial charge in [0.25, 0.3) is 0 Å². The Bertz CT molecular complexity index is 1020. The first-order valence-electron chi connectivity index (χ1n) is 8.58. The molecule has 0 aliphatic carbocycles. The van der Waals surface area contributed by atoms with Crippen molar-refractivity contribution in [1.82, 2.24) is 0 Å². The van der Waals surface area contributed by atoms with Gasteiger partial charge in [0.1, 0.15) is 5.75 Å². The van der Waals surface area contributed by atoms with E-state index in [0.29, 0.717) is 12.2 Å². The molecule has 144 valence electrons. The number of benzene rings is 2. The van der Waals surface area contributed by atoms with Crippen molar-refractivity contribution < 1.29 is 19.1 Å². The van der Waals surface area contributed by atoms with Gasteiger partial charge in [-0.1, -0.05) is 6.92 Å². The van der Waals surface area contributed by atoms with Crippen molar-refractivity contribution in [3.8, 4) is 5.75 Å². The Hall–Kier alpha value is -2.00. The fourth-order valence-corrected chi connectivity index (χ4v) is 3.45. The summed E-state index contributed by atoms with van der Waals surface area (Å²) in [6, 6.07) is 9.33. The van der Waals surface area contributed by atoms with Crippen LogP contribution in [0.1, 0.15) is 35.6 Å². The highest BCUT2D eigenvalue weighted by atomic mass is 127. The Kier molecular flexibility index (Phi) is 6.34. The van der Waals surface area contributed by atoms with Gasteiger partial charge in [0.15, 0.2) is 5.70 Å². The molecule has 0 amide bonds. The Morgan fingerprint density at radius 1 is 1.25 bits per heavy atom.